The number of carbonyl (C=O) groups excluding carboxylic acids is 1. The summed E-state index contributed by atoms with van der Waals surface area (Å²) in [6.07, 6.45) is 1.15. The number of nitrogens with one attached hydrogen (secondary N) is 1. The predicted molar refractivity (Wildman–Crippen MR) is 72.7 cm³/mol. The van der Waals surface area contributed by atoms with Gasteiger partial charge in [-0.2, -0.15) is 0 Å². The molecule has 7 heteroatoms. The van der Waals surface area contributed by atoms with E-state index in [0.717, 1.165) is 10.7 Å². The second kappa shape index (κ2) is 4.99. The van der Waals surface area contributed by atoms with E-state index in [0.29, 0.717) is 5.69 Å². The summed E-state index contributed by atoms with van der Waals surface area (Å²) >= 11 is 3.31. The number of anilines is 1. The summed E-state index contributed by atoms with van der Waals surface area (Å²) in [5.41, 5.74) is 0.709. The minimum atomic E-state index is -3.16. The van der Waals surface area contributed by atoms with Crippen molar-refractivity contribution in [1.82, 2.24) is 4.31 Å². The average molecular weight is 333 g/mol. The molecule has 1 aliphatic rings. The first kappa shape index (κ1) is 13.5. The number of sulfonamides is 1. The molecule has 1 aromatic carbocycles. The molecule has 0 bridgehead atoms. The number of nitrogens with zero attached hydrogens (tertiary/aromatic N) is 1. The summed E-state index contributed by atoms with van der Waals surface area (Å²) < 4.78 is 24.6. The van der Waals surface area contributed by atoms with E-state index in [1.165, 1.54) is 4.31 Å². The fourth-order valence-electron chi connectivity index (χ4n) is 1.65. The maximum Gasteiger partial charge on any atom is 0.230 e. The normalized spacial score (nSPS) is 17.2. The Bertz CT molecular complexity index is 550. The van der Waals surface area contributed by atoms with E-state index in [4.69, 9.17) is 0 Å². The molecule has 0 aliphatic carbocycles. The number of carbonyl (C=O) groups is 1. The largest absolute Gasteiger partial charge is 0.326 e. The van der Waals surface area contributed by atoms with Crippen LogP contribution in [0.2, 0.25) is 0 Å². The zero-order chi connectivity index (χ0) is 13.3. The Balaban J connectivity index is 1.89. The van der Waals surface area contributed by atoms with Crippen LogP contribution in [0.4, 0.5) is 5.69 Å². The van der Waals surface area contributed by atoms with Gasteiger partial charge in [0.1, 0.15) is 0 Å². The fourth-order valence-corrected chi connectivity index (χ4v) is 2.82. The third kappa shape index (κ3) is 3.09. The molecule has 0 unspecified atom stereocenters. The summed E-state index contributed by atoms with van der Waals surface area (Å²) in [5.74, 6) is -0.402. The predicted octanol–water partition coefficient (Wildman–Crippen LogP) is 1.28. The Labute approximate surface area is 114 Å². The maximum absolute atomic E-state index is 11.8. The fraction of sp³-hybridized carbons (Fsp3) is 0.364. The Morgan fingerprint density at radius 2 is 1.89 bits per heavy atom. The van der Waals surface area contributed by atoms with Gasteiger partial charge in [-0.05, 0) is 24.3 Å². The molecule has 18 heavy (non-hydrogen) atoms. The average Bonchev–Trinajstić information content (AvgIpc) is 2.17. The van der Waals surface area contributed by atoms with Crippen molar-refractivity contribution >= 4 is 37.5 Å². The van der Waals surface area contributed by atoms with Crippen LogP contribution in [0, 0.1) is 5.92 Å². The van der Waals surface area contributed by atoms with Gasteiger partial charge in [-0.3, -0.25) is 4.79 Å². The van der Waals surface area contributed by atoms with Gasteiger partial charge in [0.25, 0.3) is 0 Å². The smallest absolute Gasteiger partial charge is 0.230 e. The second-order valence-corrected chi connectivity index (χ2v) is 7.17. The molecule has 1 saturated heterocycles. The van der Waals surface area contributed by atoms with Gasteiger partial charge >= 0.3 is 0 Å². The van der Waals surface area contributed by atoms with Crippen LogP contribution in [-0.2, 0) is 14.8 Å². The summed E-state index contributed by atoms with van der Waals surface area (Å²) in [6.45, 7) is 0.530. The molecular formula is C11H13BrN2O3S. The van der Waals surface area contributed by atoms with Crippen molar-refractivity contribution in [3.63, 3.8) is 0 Å². The molecule has 98 valence electrons. The molecule has 1 aliphatic heterocycles. The van der Waals surface area contributed by atoms with E-state index >= 15 is 0 Å². The van der Waals surface area contributed by atoms with Gasteiger partial charge in [-0.15, -0.1) is 0 Å². The van der Waals surface area contributed by atoms with Gasteiger partial charge in [0.2, 0.25) is 15.9 Å². The van der Waals surface area contributed by atoms with Crippen LogP contribution < -0.4 is 5.32 Å². The Morgan fingerprint density at radius 1 is 1.33 bits per heavy atom. The van der Waals surface area contributed by atoms with E-state index in [-0.39, 0.29) is 24.9 Å². The molecule has 1 N–H and O–H groups in total. The lowest BCUT2D eigenvalue weighted by Crippen LogP contribution is -2.53. The summed E-state index contributed by atoms with van der Waals surface area (Å²) in [6, 6.07) is 7.24. The van der Waals surface area contributed by atoms with Crippen LogP contribution >= 0.6 is 15.9 Å². The first-order chi connectivity index (χ1) is 8.36. The standard InChI is InChI=1S/C11H13BrN2O3S/c1-18(16,17)14-6-8(7-14)11(15)13-10-4-2-9(12)3-5-10/h2-5,8H,6-7H2,1H3,(H,13,15). The Kier molecular flexibility index (Phi) is 3.74. The van der Waals surface area contributed by atoms with E-state index in [1.54, 1.807) is 12.1 Å². The van der Waals surface area contributed by atoms with Crippen molar-refractivity contribution in [3.8, 4) is 0 Å². The maximum atomic E-state index is 11.8. The van der Waals surface area contributed by atoms with Crippen LogP contribution in [0.1, 0.15) is 0 Å². The molecule has 2 rings (SSSR count). The van der Waals surface area contributed by atoms with Crippen molar-refractivity contribution in [2.24, 2.45) is 5.92 Å². The van der Waals surface area contributed by atoms with Gasteiger partial charge in [0, 0.05) is 23.2 Å². The van der Waals surface area contributed by atoms with Crippen molar-refractivity contribution in [3.05, 3.63) is 28.7 Å². The summed E-state index contributed by atoms with van der Waals surface area (Å²) in [4.78, 5) is 11.8. The number of hydrogen-bond donors (Lipinski definition) is 1. The highest BCUT2D eigenvalue weighted by molar-refractivity contribution is 9.10. The molecule has 0 saturated carbocycles. The molecule has 1 amide bonds. The highest BCUT2D eigenvalue weighted by Gasteiger charge is 2.37. The zero-order valence-corrected chi connectivity index (χ0v) is 12.2. The van der Waals surface area contributed by atoms with Gasteiger partial charge in [-0.1, -0.05) is 15.9 Å². The number of benzene rings is 1. The molecule has 5 nitrogen and oxygen atoms in total. The number of rotatable bonds is 3. The van der Waals surface area contributed by atoms with Crippen LogP contribution in [0.15, 0.2) is 28.7 Å². The topological polar surface area (TPSA) is 66.5 Å². The van der Waals surface area contributed by atoms with Crippen molar-refractivity contribution in [2.75, 3.05) is 24.7 Å². The molecule has 1 heterocycles. The lowest BCUT2D eigenvalue weighted by molar-refractivity contribution is -0.122. The summed E-state index contributed by atoms with van der Waals surface area (Å²) in [5, 5.41) is 2.76. The lowest BCUT2D eigenvalue weighted by atomic mass is 10.0. The quantitative estimate of drug-likeness (QED) is 0.906. The number of amides is 1. The monoisotopic (exact) mass is 332 g/mol. The van der Waals surface area contributed by atoms with Crippen LogP contribution in [0.5, 0.6) is 0 Å². The van der Waals surface area contributed by atoms with E-state index in [9.17, 15) is 13.2 Å². The number of halogens is 1. The third-order valence-corrected chi connectivity index (χ3v) is 4.56. The van der Waals surface area contributed by atoms with Crippen molar-refractivity contribution in [1.29, 1.82) is 0 Å². The number of hydrogen-bond acceptors (Lipinski definition) is 3. The first-order valence-electron chi connectivity index (χ1n) is 5.38. The molecule has 0 atom stereocenters. The van der Waals surface area contributed by atoms with E-state index < -0.39 is 10.0 Å². The summed E-state index contributed by atoms with van der Waals surface area (Å²) in [7, 11) is -3.16. The molecule has 0 radical (unpaired) electrons. The molecular weight excluding hydrogens is 320 g/mol. The zero-order valence-electron chi connectivity index (χ0n) is 9.76. The minimum Gasteiger partial charge on any atom is -0.326 e. The van der Waals surface area contributed by atoms with Crippen LogP contribution in [0.25, 0.3) is 0 Å². The SMILES string of the molecule is CS(=O)(=O)N1CC(C(=O)Nc2ccc(Br)cc2)C1. The van der Waals surface area contributed by atoms with Crippen molar-refractivity contribution in [2.45, 2.75) is 0 Å². The van der Waals surface area contributed by atoms with Crippen LogP contribution in [0.3, 0.4) is 0 Å². The Hall–Kier alpha value is -0.920. The third-order valence-electron chi connectivity index (χ3n) is 2.80. The van der Waals surface area contributed by atoms with Gasteiger partial charge < -0.3 is 5.32 Å². The molecule has 1 aromatic rings. The Morgan fingerprint density at radius 3 is 2.39 bits per heavy atom. The minimum absolute atomic E-state index is 0.141. The van der Waals surface area contributed by atoms with Crippen LogP contribution in [-0.4, -0.2) is 38.0 Å². The lowest BCUT2D eigenvalue weighted by Gasteiger charge is -2.35. The van der Waals surface area contributed by atoms with Gasteiger partial charge in [0.05, 0.1) is 12.2 Å². The van der Waals surface area contributed by atoms with Gasteiger partial charge in [0.15, 0.2) is 0 Å². The van der Waals surface area contributed by atoms with Crippen molar-refractivity contribution < 1.29 is 13.2 Å². The van der Waals surface area contributed by atoms with Gasteiger partial charge in [-0.25, -0.2) is 12.7 Å². The highest BCUT2D eigenvalue weighted by Crippen LogP contribution is 2.21. The molecule has 0 spiro atoms. The van der Waals surface area contributed by atoms with E-state index in [1.807, 2.05) is 12.1 Å². The molecule has 0 aromatic heterocycles. The van der Waals surface area contributed by atoms with E-state index in [2.05, 4.69) is 21.2 Å². The molecule has 1 fully saturated rings. The highest BCUT2D eigenvalue weighted by atomic mass is 79.9. The second-order valence-electron chi connectivity index (χ2n) is 4.27. The first-order valence-corrected chi connectivity index (χ1v) is 8.02.